The van der Waals surface area contributed by atoms with Gasteiger partial charge in [0.25, 0.3) is 5.91 Å². The fraction of sp³-hybridized carbons (Fsp3) is 0. The van der Waals surface area contributed by atoms with Crippen molar-refractivity contribution in [2.45, 2.75) is 0 Å². The minimum atomic E-state index is -0.191. The molecule has 3 rings (SSSR count). The number of nitrogens with zero attached hydrogens (tertiary/aromatic N) is 3. The normalized spacial score (nSPS) is 10.4. The van der Waals surface area contributed by atoms with Crippen LogP contribution in [0.25, 0.3) is 5.52 Å². The lowest BCUT2D eigenvalue weighted by molar-refractivity contribution is 0.102. The van der Waals surface area contributed by atoms with E-state index in [0.29, 0.717) is 11.3 Å². The topological polar surface area (TPSA) is 59.3 Å². The molecule has 3 aromatic heterocycles. The van der Waals surface area contributed by atoms with Crippen molar-refractivity contribution in [3.8, 4) is 0 Å². The molecule has 0 radical (unpaired) electrons. The predicted molar refractivity (Wildman–Crippen MR) is 67.4 cm³/mol. The Labute approximate surface area is 103 Å². The van der Waals surface area contributed by atoms with Crippen LogP contribution in [0, 0.1) is 0 Å². The van der Waals surface area contributed by atoms with Crippen LogP contribution in [0.5, 0.6) is 0 Å². The van der Waals surface area contributed by atoms with Gasteiger partial charge in [-0.1, -0.05) is 6.07 Å². The third kappa shape index (κ3) is 1.82. The maximum absolute atomic E-state index is 12.1. The third-order valence-corrected chi connectivity index (χ3v) is 2.59. The number of carbonyl (C=O) groups is 1. The summed E-state index contributed by atoms with van der Waals surface area (Å²) in [6, 6.07) is 9.15. The molecule has 0 atom stereocenters. The van der Waals surface area contributed by atoms with Gasteiger partial charge in [0, 0.05) is 12.4 Å². The number of hydrogen-bond acceptors (Lipinski definition) is 3. The van der Waals surface area contributed by atoms with Crippen LogP contribution in [0.15, 0.2) is 55.1 Å². The van der Waals surface area contributed by atoms with Crippen molar-refractivity contribution in [2.75, 3.05) is 5.32 Å². The van der Waals surface area contributed by atoms with Gasteiger partial charge in [0.05, 0.1) is 29.2 Å². The first kappa shape index (κ1) is 10.5. The molecule has 1 amide bonds. The van der Waals surface area contributed by atoms with E-state index in [1.165, 1.54) is 0 Å². The number of carbonyl (C=O) groups excluding carboxylic acids is 1. The van der Waals surface area contributed by atoms with Gasteiger partial charge < -0.3 is 5.32 Å². The number of hydrogen-bond donors (Lipinski definition) is 1. The fourth-order valence-corrected chi connectivity index (χ4v) is 1.74. The molecule has 3 heterocycles. The molecular weight excluding hydrogens is 228 g/mol. The van der Waals surface area contributed by atoms with Crippen molar-refractivity contribution >= 4 is 17.1 Å². The molecule has 5 heteroatoms. The molecule has 5 nitrogen and oxygen atoms in total. The molecule has 0 unspecified atom stereocenters. The number of nitrogens with one attached hydrogen (secondary N) is 1. The number of pyridine rings is 2. The quantitative estimate of drug-likeness (QED) is 0.742. The van der Waals surface area contributed by atoms with Crippen LogP contribution < -0.4 is 5.32 Å². The van der Waals surface area contributed by atoms with E-state index in [1.807, 2.05) is 18.2 Å². The number of amides is 1. The van der Waals surface area contributed by atoms with Crippen LogP contribution in [0.1, 0.15) is 10.4 Å². The Morgan fingerprint density at radius 2 is 2.11 bits per heavy atom. The lowest BCUT2D eigenvalue weighted by Crippen LogP contribution is -2.11. The molecule has 3 aromatic rings. The zero-order chi connectivity index (χ0) is 12.4. The second kappa shape index (κ2) is 4.29. The van der Waals surface area contributed by atoms with Gasteiger partial charge in [-0.05, 0) is 24.3 Å². The molecule has 0 aliphatic carbocycles. The highest BCUT2D eigenvalue weighted by molar-refractivity contribution is 6.08. The molecule has 0 fully saturated rings. The maximum Gasteiger partial charge on any atom is 0.259 e. The first-order valence-corrected chi connectivity index (χ1v) is 5.48. The van der Waals surface area contributed by atoms with Crippen LogP contribution in [0.4, 0.5) is 5.69 Å². The molecule has 0 aliphatic rings. The van der Waals surface area contributed by atoms with E-state index in [9.17, 15) is 4.79 Å². The smallest absolute Gasteiger partial charge is 0.259 e. The Morgan fingerprint density at radius 1 is 1.17 bits per heavy atom. The summed E-state index contributed by atoms with van der Waals surface area (Å²) < 4.78 is 1.66. The monoisotopic (exact) mass is 238 g/mol. The van der Waals surface area contributed by atoms with Crippen molar-refractivity contribution in [1.29, 1.82) is 0 Å². The highest BCUT2D eigenvalue weighted by Gasteiger charge is 2.12. The number of anilines is 1. The summed E-state index contributed by atoms with van der Waals surface area (Å²) in [5.41, 5.74) is 1.98. The SMILES string of the molecule is O=C(Nc1cccnc1)c1cnn2ccccc12. The van der Waals surface area contributed by atoms with Crippen LogP contribution in [0.2, 0.25) is 0 Å². The molecular formula is C13H10N4O. The molecule has 0 saturated carbocycles. The van der Waals surface area contributed by atoms with Gasteiger partial charge in [-0.15, -0.1) is 0 Å². The van der Waals surface area contributed by atoms with Crippen LogP contribution in [-0.2, 0) is 0 Å². The average Bonchev–Trinajstić information content (AvgIpc) is 2.84. The first-order valence-electron chi connectivity index (χ1n) is 5.48. The van der Waals surface area contributed by atoms with Crippen molar-refractivity contribution < 1.29 is 4.79 Å². The molecule has 0 aromatic carbocycles. The van der Waals surface area contributed by atoms with Crippen molar-refractivity contribution in [1.82, 2.24) is 14.6 Å². The van der Waals surface area contributed by atoms with E-state index in [1.54, 1.807) is 41.4 Å². The first-order chi connectivity index (χ1) is 8.84. The minimum absolute atomic E-state index is 0.191. The number of fused-ring (bicyclic) bond motifs is 1. The maximum atomic E-state index is 12.1. The van der Waals surface area contributed by atoms with E-state index >= 15 is 0 Å². The summed E-state index contributed by atoms with van der Waals surface area (Å²) >= 11 is 0. The third-order valence-electron chi connectivity index (χ3n) is 2.59. The Kier molecular flexibility index (Phi) is 2.49. The van der Waals surface area contributed by atoms with E-state index in [-0.39, 0.29) is 5.91 Å². The standard InChI is InChI=1S/C13H10N4O/c18-13(16-10-4-3-6-14-8-10)11-9-15-17-7-2-1-5-12(11)17/h1-9H,(H,16,18). The van der Waals surface area contributed by atoms with Crippen LogP contribution in [0.3, 0.4) is 0 Å². The van der Waals surface area contributed by atoms with Gasteiger partial charge in [0.2, 0.25) is 0 Å². The van der Waals surface area contributed by atoms with E-state index in [2.05, 4.69) is 15.4 Å². The van der Waals surface area contributed by atoms with E-state index < -0.39 is 0 Å². The van der Waals surface area contributed by atoms with Gasteiger partial charge in [-0.25, -0.2) is 4.52 Å². The summed E-state index contributed by atoms with van der Waals surface area (Å²) in [7, 11) is 0. The summed E-state index contributed by atoms with van der Waals surface area (Å²) in [5, 5.41) is 6.90. The molecule has 0 spiro atoms. The number of rotatable bonds is 2. The summed E-state index contributed by atoms with van der Waals surface area (Å²) in [6.07, 6.45) is 6.62. The zero-order valence-corrected chi connectivity index (χ0v) is 9.45. The Hall–Kier alpha value is -2.69. The fourth-order valence-electron chi connectivity index (χ4n) is 1.74. The molecule has 0 bridgehead atoms. The molecule has 18 heavy (non-hydrogen) atoms. The lowest BCUT2D eigenvalue weighted by atomic mass is 10.2. The zero-order valence-electron chi connectivity index (χ0n) is 9.45. The largest absolute Gasteiger partial charge is 0.320 e. The molecule has 1 N–H and O–H groups in total. The summed E-state index contributed by atoms with van der Waals surface area (Å²) in [6.45, 7) is 0. The van der Waals surface area contributed by atoms with Gasteiger partial charge in [0.15, 0.2) is 0 Å². The van der Waals surface area contributed by atoms with E-state index in [4.69, 9.17) is 0 Å². The Morgan fingerprint density at radius 3 is 2.94 bits per heavy atom. The number of aromatic nitrogens is 3. The Bertz CT molecular complexity index is 690. The Balaban J connectivity index is 1.93. The second-order valence-corrected chi connectivity index (χ2v) is 3.78. The van der Waals surface area contributed by atoms with Crippen molar-refractivity contribution in [2.24, 2.45) is 0 Å². The van der Waals surface area contributed by atoms with Crippen molar-refractivity contribution in [3.63, 3.8) is 0 Å². The minimum Gasteiger partial charge on any atom is -0.320 e. The van der Waals surface area contributed by atoms with Gasteiger partial charge >= 0.3 is 0 Å². The molecule has 0 aliphatic heterocycles. The highest BCUT2D eigenvalue weighted by atomic mass is 16.1. The second-order valence-electron chi connectivity index (χ2n) is 3.78. The molecule has 88 valence electrons. The predicted octanol–water partition coefficient (Wildman–Crippen LogP) is 1.98. The van der Waals surface area contributed by atoms with Crippen LogP contribution >= 0.6 is 0 Å². The average molecular weight is 238 g/mol. The summed E-state index contributed by atoms with van der Waals surface area (Å²) in [5.74, 6) is -0.191. The van der Waals surface area contributed by atoms with Crippen LogP contribution in [-0.4, -0.2) is 20.5 Å². The highest BCUT2D eigenvalue weighted by Crippen LogP contribution is 2.12. The summed E-state index contributed by atoms with van der Waals surface area (Å²) in [4.78, 5) is 16.0. The van der Waals surface area contributed by atoms with Gasteiger partial charge in [-0.3, -0.25) is 9.78 Å². The molecule has 0 saturated heterocycles. The van der Waals surface area contributed by atoms with Crippen molar-refractivity contribution in [3.05, 3.63) is 60.7 Å². The van der Waals surface area contributed by atoms with E-state index in [0.717, 1.165) is 5.52 Å². The van der Waals surface area contributed by atoms with Gasteiger partial charge in [-0.2, -0.15) is 5.10 Å². The lowest BCUT2D eigenvalue weighted by Gasteiger charge is -2.02. The van der Waals surface area contributed by atoms with Gasteiger partial charge in [0.1, 0.15) is 0 Å².